The minimum atomic E-state index is -0.101. The Morgan fingerprint density at radius 2 is 1.70 bits per heavy atom. The molecular weight excluding hydrogens is 346 g/mol. The summed E-state index contributed by atoms with van der Waals surface area (Å²) in [5, 5.41) is 0.984. The molecule has 4 rings (SSSR count). The van der Waals surface area contributed by atoms with Gasteiger partial charge in [0.25, 0.3) is 0 Å². The topological polar surface area (TPSA) is 75.5 Å². The molecule has 1 saturated carbocycles. The average Bonchev–Trinajstić information content (AvgIpc) is 3.16. The molecule has 0 atom stereocenters. The number of nitrogens with zero attached hydrogens (tertiary/aromatic N) is 3. The molecule has 0 amide bonds. The molecule has 1 fully saturated rings. The fourth-order valence-corrected chi connectivity index (χ4v) is 4.08. The van der Waals surface area contributed by atoms with Crippen molar-refractivity contribution in [3.8, 4) is 11.5 Å². The van der Waals surface area contributed by atoms with Gasteiger partial charge in [0.05, 0.1) is 50.8 Å². The van der Waals surface area contributed by atoms with Gasteiger partial charge in [-0.25, -0.2) is 4.98 Å². The van der Waals surface area contributed by atoms with E-state index in [1.807, 2.05) is 18.5 Å². The Bertz CT molecular complexity index is 990. The summed E-state index contributed by atoms with van der Waals surface area (Å²) in [4.78, 5) is 20.9. The second-order valence-electron chi connectivity index (χ2n) is 6.90. The number of rotatable bonds is 4. The number of fused-ring (bicyclic) bond motifs is 3. The lowest BCUT2D eigenvalue weighted by Crippen LogP contribution is -2.24. The van der Waals surface area contributed by atoms with Crippen molar-refractivity contribution in [2.75, 3.05) is 21.3 Å². The van der Waals surface area contributed by atoms with Crippen molar-refractivity contribution < 1.29 is 19.0 Å². The number of esters is 1. The summed E-state index contributed by atoms with van der Waals surface area (Å²) in [6, 6.07) is 4.15. The van der Waals surface area contributed by atoms with Crippen molar-refractivity contribution in [1.29, 1.82) is 0 Å². The van der Waals surface area contributed by atoms with E-state index in [2.05, 4.69) is 14.5 Å². The second-order valence-corrected chi connectivity index (χ2v) is 6.90. The number of carbonyl (C=O) groups excluding carboxylic acids is 1. The van der Waals surface area contributed by atoms with Crippen LogP contribution in [0.4, 0.5) is 0 Å². The van der Waals surface area contributed by atoms with Gasteiger partial charge in [0.1, 0.15) is 5.52 Å². The van der Waals surface area contributed by atoms with Gasteiger partial charge in [0, 0.05) is 17.5 Å². The van der Waals surface area contributed by atoms with Gasteiger partial charge in [0.15, 0.2) is 11.5 Å². The van der Waals surface area contributed by atoms with Crippen molar-refractivity contribution in [2.24, 2.45) is 5.92 Å². The van der Waals surface area contributed by atoms with Crippen LogP contribution in [-0.2, 0) is 9.53 Å². The summed E-state index contributed by atoms with van der Waals surface area (Å²) in [7, 11) is 4.70. The van der Waals surface area contributed by atoms with Gasteiger partial charge in [-0.3, -0.25) is 9.78 Å². The summed E-state index contributed by atoms with van der Waals surface area (Å²) >= 11 is 0. The first-order valence-corrected chi connectivity index (χ1v) is 9.11. The van der Waals surface area contributed by atoms with Gasteiger partial charge in [-0.2, -0.15) is 0 Å². The van der Waals surface area contributed by atoms with Gasteiger partial charge in [0.2, 0.25) is 0 Å². The number of carbonyl (C=O) groups is 1. The van der Waals surface area contributed by atoms with E-state index in [-0.39, 0.29) is 11.9 Å². The van der Waals surface area contributed by atoms with E-state index in [1.165, 1.54) is 7.11 Å². The van der Waals surface area contributed by atoms with Gasteiger partial charge < -0.3 is 18.8 Å². The number of hydrogen-bond acceptors (Lipinski definition) is 6. The molecule has 0 unspecified atom stereocenters. The lowest BCUT2D eigenvalue weighted by Gasteiger charge is -2.28. The van der Waals surface area contributed by atoms with Crippen molar-refractivity contribution in [3.05, 3.63) is 24.7 Å². The third-order valence-corrected chi connectivity index (χ3v) is 5.53. The van der Waals surface area contributed by atoms with E-state index in [4.69, 9.17) is 14.2 Å². The predicted octanol–water partition coefficient (Wildman–Crippen LogP) is 3.51. The molecule has 0 bridgehead atoms. The predicted molar refractivity (Wildman–Crippen MR) is 101 cm³/mol. The number of methoxy groups -OCH3 is 3. The number of benzene rings is 1. The van der Waals surface area contributed by atoms with Crippen molar-refractivity contribution in [3.63, 3.8) is 0 Å². The van der Waals surface area contributed by atoms with Gasteiger partial charge in [-0.05, 0) is 31.7 Å². The minimum Gasteiger partial charge on any atom is -0.493 e. The highest BCUT2D eigenvalue weighted by Crippen LogP contribution is 2.38. The number of ether oxygens (including phenoxy) is 3. The SMILES string of the molecule is COc1cc2ncc3ncn([C@H]4CC[C@H](C(=O)OC)CC4)c3c2cc1OC. The van der Waals surface area contributed by atoms with Crippen LogP contribution < -0.4 is 9.47 Å². The van der Waals surface area contributed by atoms with E-state index in [9.17, 15) is 4.79 Å². The molecule has 0 aliphatic heterocycles. The van der Waals surface area contributed by atoms with Crippen LogP contribution in [0.25, 0.3) is 21.9 Å². The first kappa shape index (κ1) is 17.6. The quantitative estimate of drug-likeness (QED) is 0.655. The van der Waals surface area contributed by atoms with Crippen LogP contribution >= 0.6 is 0 Å². The molecule has 2 aromatic heterocycles. The smallest absolute Gasteiger partial charge is 0.308 e. The van der Waals surface area contributed by atoms with Crippen molar-refractivity contribution in [2.45, 2.75) is 31.7 Å². The maximum Gasteiger partial charge on any atom is 0.308 e. The maximum atomic E-state index is 11.8. The summed E-state index contributed by atoms with van der Waals surface area (Å²) in [6.45, 7) is 0. The fourth-order valence-electron chi connectivity index (χ4n) is 4.08. The Labute approximate surface area is 157 Å². The lowest BCUT2D eigenvalue weighted by molar-refractivity contribution is -0.146. The van der Waals surface area contributed by atoms with Crippen LogP contribution in [0.3, 0.4) is 0 Å². The van der Waals surface area contributed by atoms with Crippen LogP contribution in [-0.4, -0.2) is 41.8 Å². The zero-order valence-corrected chi connectivity index (χ0v) is 15.8. The Balaban J connectivity index is 1.76. The van der Waals surface area contributed by atoms with Crippen LogP contribution in [0.15, 0.2) is 24.7 Å². The molecule has 1 aliphatic rings. The third kappa shape index (κ3) is 2.97. The molecule has 0 saturated heterocycles. The van der Waals surface area contributed by atoms with Gasteiger partial charge in [-0.1, -0.05) is 0 Å². The maximum absolute atomic E-state index is 11.8. The normalized spacial score (nSPS) is 20.0. The van der Waals surface area contributed by atoms with E-state index in [0.29, 0.717) is 17.5 Å². The van der Waals surface area contributed by atoms with Crippen LogP contribution in [0, 0.1) is 5.92 Å². The van der Waals surface area contributed by atoms with E-state index >= 15 is 0 Å². The molecule has 142 valence electrons. The zero-order valence-electron chi connectivity index (χ0n) is 15.8. The molecule has 0 spiro atoms. The van der Waals surface area contributed by atoms with Crippen molar-refractivity contribution in [1.82, 2.24) is 14.5 Å². The second kappa shape index (κ2) is 7.06. The summed E-state index contributed by atoms with van der Waals surface area (Å²) in [5.41, 5.74) is 2.73. The molecule has 2 heterocycles. The Morgan fingerprint density at radius 3 is 2.37 bits per heavy atom. The standard InChI is InChI=1S/C20H23N3O4/c1-25-17-8-14-15(9-18(17)26-2)21-10-16-19(14)23(11-22-16)13-6-4-12(5-7-13)20(24)27-3/h8-13H,4-7H2,1-3H3/t12-,13-. The largest absolute Gasteiger partial charge is 0.493 e. The molecule has 27 heavy (non-hydrogen) atoms. The molecule has 0 N–H and O–H groups in total. The summed E-state index contributed by atoms with van der Waals surface area (Å²) in [6.07, 6.45) is 7.17. The zero-order chi connectivity index (χ0) is 19.0. The van der Waals surface area contributed by atoms with E-state index in [1.54, 1.807) is 20.4 Å². The van der Waals surface area contributed by atoms with E-state index in [0.717, 1.165) is 47.6 Å². The van der Waals surface area contributed by atoms with Crippen LogP contribution in [0.1, 0.15) is 31.7 Å². The highest BCUT2D eigenvalue weighted by atomic mass is 16.5. The Morgan fingerprint density at radius 1 is 1.00 bits per heavy atom. The summed E-state index contributed by atoms with van der Waals surface area (Å²) in [5.74, 6) is 1.22. The Hall–Kier alpha value is -2.83. The average molecular weight is 369 g/mol. The first-order valence-electron chi connectivity index (χ1n) is 9.11. The van der Waals surface area contributed by atoms with Gasteiger partial charge in [-0.15, -0.1) is 0 Å². The lowest BCUT2D eigenvalue weighted by atomic mass is 9.86. The van der Waals surface area contributed by atoms with Crippen LogP contribution in [0.5, 0.6) is 11.5 Å². The molecule has 7 heteroatoms. The Kier molecular flexibility index (Phi) is 4.59. The highest BCUT2D eigenvalue weighted by molar-refractivity contribution is 6.03. The number of hydrogen-bond donors (Lipinski definition) is 0. The number of pyridine rings is 1. The molecule has 1 aliphatic carbocycles. The molecule has 1 aromatic carbocycles. The molecule has 0 radical (unpaired) electrons. The van der Waals surface area contributed by atoms with E-state index < -0.39 is 0 Å². The number of imidazole rings is 1. The first-order chi connectivity index (χ1) is 13.2. The monoisotopic (exact) mass is 369 g/mol. The molecule has 7 nitrogen and oxygen atoms in total. The third-order valence-electron chi connectivity index (χ3n) is 5.53. The minimum absolute atomic E-state index is 0.00352. The fraction of sp³-hybridized carbons (Fsp3) is 0.450. The van der Waals surface area contributed by atoms with Gasteiger partial charge >= 0.3 is 5.97 Å². The molecular formula is C20H23N3O4. The summed E-state index contributed by atoms with van der Waals surface area (Å²) < 4.78 is 18.0. The van der Waals surface area contributed by atoms with Crippen molar-refractivity contribution >= 4 is 27.9 Å². The molecule has 3 aromatic rings. The van der Waals surface area contributed by atoms with Crippen LogP contribution in [0.2, 0.25) is 0 Å². The highest BCUT2D eigenvalue weighted by Gasteiger charge is 2.28. The number of aromatic nitrogens is 3.